The second kappa shape index (κ2) is 6.07. The van der Waals surface area contributed by atoms with Crippen molar-refractivity contribution in [1.82, 2.24) is 9.88 Å². The molecule has 3 rings (SSSR count). The van der Waals surface area contributed by atoms with E-state index in [0.717, 1.165) is 36.5 Å². The molecular formula is C18H24N2O. The van der Waals surface area contributed by atoms with Gasteiger partial charge in [0.1, 0.15) is 6.10 Å². The lowest BCUT2D eigenvalue weighted by atomic mass is 9.94. The summed E-state index contributed by atoms with van der Waals surface area (Å²) < 4.78 is 5.89. The summed E-state index contributed by atoms with van der Waals surface area (Å²) in [5.74, 6) is 4.98. The minimum absolute atomic E-state index is 0.285. The quantitative estimate of drug-likeness (QED) is 0.795. The normalized spacial score (nSPS) is 26.6. The second-order valence-corrected chi connectivity index (χ2v) is 6.69. The molecule has 3 heteroatoms. The van der Waals surface area contributed by atoms with Crippen LogP contribution in [0.5, 0.6) is 5.88 Å². The molecule has 0 bridgehead atoms. The summed E-state index contributed by atoms with van der Waals surface area (Å²) in [6, 6.07) is 4.51. The minimum Gasteiger partial charge on any atom is -0.472 e. The third-order valence-corrected chi connectivity index (χ3v) is 4.97. The first-order chi connectivity index (χ1) is 10.2. The molecule has 1 saturated carbocycles. The summed E-state index contributed by atoms with van der Waals surface area (Å²) in [5, 5.41) is 0. The van der Waals surface area contributed by atoms with Crippen LogP contribution in [0.4, 0.5) is 0 Å². The molecule has 0 amide bonds. The van der Waals surface area contributed by atoms with Crippen LogP contribution in [0.25, 0.3) is 0 Å². The zero-order valence-electron chi connectivity index (χ0n) is 13.0. The number of aromatic nitrogens is 1. The number of hydrogen-bond donors (Lipinski definition) is 0. The van der Waals surface area contributed by atoms with E-state index in [4.69, 9.17) is 11.2 Å². The zero-order valence-corrected chi connectivity index (χ0v) is 13.0. The Morgan fingerprint density at radius 2 is 2.14 bits per heavy atom. The summed E-state index contributed by atoms with van der Waals surface area (Å²) in [5.41, 5.74) is 0.795. The number of terminal acetylenes is 1. The third-order valence-electron chi connectivity index (χ3n) is 4.97. The van der Waals surface area contributed by atoms with Crippen molar-refractivity contribution < 1.29 is 4.74 Å². The Labute approximate surface area is 127 Å². The van der Waals surface area contributed by atoms with Crippen molar-refractivity contribution in [1.29, 1.82) is 0 Å². The van der Waals surface area contributed by atoms with Crippen molar-refractivity contribution >= 4 is 0 Å². The van der Waals surface area contributed by atoms with E-state index in [2.05, 4.69) is 29.7 Å². The molecule has 2 atom stereocenters. The Balaban J connectivity index is 1.45. The van der Waals surface area contributed by atoms with Crippen LogP contribution in [0, 0.1) is 24.2 Å². The molecule has 0 radical (unpaired) electrons. The van der Waals surface area contributed by atoms with Gasteiger partial charge >= 0.3 is 0 Å². The SMILES string of the molecule is C#Cc1ccc(OC2CN(C3CCC(C(C)C)C3)C2)nc1. The second-order valence-electron chi connectivity index (χ2n) is 6.69. The van der Waals surface area contributed by atoms with Crippen LogP contribution >= 0.6 is 0 Å². The largest absolute Gasteiger partial charge is 0.472 e. The van der Waals surface area contributed by atoms with Gasteiger partial charge in [-0.2, -0.15) is 0 Å². The van der Waals surface area contributed by atoms with E-state index in [1.165, 1.54) is 19.3 Å². The number of hydrogen-bond acceptors (Lipinski definition) is 3. The summed E-state index contributed by atoms with van der Waals surface area (Å²) >= 11 is 0. The van der Waals surface area contributed by atoms with Crippen LogP contribution in [0.3, 0.4) is 0 Å². The van der Waals surface area contributed by atoms with Gasteiger partial charge in [-0.05, 0) is 37.2 Å². The molecule has 0 spiro atoms. The highest BCUT2D eigenvalue weighted by atomic mass is 16.5. The lowest BCUT2D eigenvalue weighted by Crippen LogP contribution is -2.57. The van der Waals surface area contributed by atoms with E-state index < -0.39 is 0 Å². The molecule has 2 fully saturated rings. The summed E-state index contributed by atoms with van der Waals surface area (Å²) in [6.07, 6.45) is 11.4. The Hall–Kier alpha value is -1.53. The standard InChI is InChI=1S/C18H24N2O/c1-4-14-5-8-18(19-10-14)21-17-11-20(12-17)16-7-6-15(9-16)13(2)3/h1,5,8,10,13,15-17H,6-7,9,11-12H2,2-3H3. The van der Waals surface area contributed by atoms with Crippen molar-refractivity contribution in [3.8, 4) is 18.2 Å². The van der Waals surface area contributed by atoms with Crippen LogP contribution in [0.15, 0.2) is 18.3 Å². The van der Waals surface area contributed by atoms with Gasteiger partial charge in [0.15, 0.2) is 0 Å². The van der Waals surface area contributed by atoms with Gasteiger partial charge in [-0.3, -0.25) is 4.90 Å². The number of likely N-dealkylation sites (tertiary alicyclic amines) is 1. The van der Waals surface area contributed by atoms with Crippen LogP contribution in [0.1, 0.15) is 38.7 Å². The van der Waals surface area contributed by atoms with Gasteiger partial charge in [0.25, 0.3) is 0 Å². The number of ether oxygens (including phenoxy) is 1. The van der Waals surface area contributed by atoms with Gasteiger partial charge in [-0.25, -0.2) is 4.98 Å². The van der Waals surface area contributed by atoms with Gasteiger partial charge in [0.05, 0.1) is 0 Å². The highest BCUT2D eigenvalue weighted by Gasteiger charge is 2.38. The minimum atomic E-state index is 0.285. The van der Waals surface area contributed by atoms with Gasteiger partial charge in [0, 0.05) is 37.0 Å². The Morgan fingerprint density at radius 1 is 1.33 bits per heavy atom. The van der Waals surface area contributed by atoms with Crippen molar-refractivity contribution in [2.24, 2.45) is 11.8 Å². The molecule has 1 aromatic rings. The average molecular weight is 284 g/mol. The number of nitrogens with zero attached hydrogens (tertiary/aromatic N) is 2. The molecule has 0 aromatic carbocycles. The third kappa shape index (κ3) is 3.22. The fourth-order valence-electron chi connectivity index (χ4n) is 3.48. The van der Waals surface area contributed by atoms with E-state index in [9.17, 15) is 0 Å². The molecule has 1 aromatic heterocycles. The van der Waals surface area contributed by atoms with Crippen molar-refractivity contribution in [3.05, 3.63) is 23.9 Å². The fourth-order valence-corrected chi connectivity index (χ4v) is 3.48. The van der Waals surface area contributed by atoms with Crippen molar-refractivity contribution in [3.63, 3.8) is 0 Å². The van der Waals surface area contributed by atoms with Gasteiger partial charge in [-0.1, -0.05) is 19.8 Å². The predicted molar refractivity (Wildman–Crippen MR) is 84.1 cm³/mol. The molecule has 1 aliphatic heterocycles. The molecule has 1 aliphatic carbocycles. The maximum atomic E-state index is 5.89. The van der Waals surface area contributed by atoms with E-state index in [1.54, 1.807) is 6.20 Å². The fraction of sp³-hybridized carbons (Fsp3) is 0.611. The van der Waals surface area contributed by atoms with Crippen LogP contribution in [-0.4, -0.2) is 35.1 Å². The van der Waals surface area contributed by atoms with Crippen molar-refractivity contribution in [2.75, 3.05) is 13.1 Å². The van der Waals surface area contributed by atoms with Gasteiger partial charge < -0.3 is 4.74 Å². The monoisotopic (exact) mass is 284 g/mol. The average Bonchev–Trinajstić information content (AvgIpc) is 2.92. The first-order valence-corrected chi connectivity index (χ1v) is 7.99. The Bertz CT molecular complexity index is 511. The smallest absolute Gasteiger partial charge is 0.213 e. The van der Waals surface area contributed by atoms with Gasteiger partial charge in [0.2, 0.25) is 5.88 Å². The highest BCUT2D eigenvalue weighted by Crippen LogP contribution is 2.36. The molecule has 3 nitrogen and oxygen atoms in total. The Kier molecular flexibility index (Phi) is 4.17. The van der Waals surface area contributed by atoms with Crippen molar-refractivity contribution in [2.45, 2.75) is 45.3 Å². The molecule has 0 N–H and O–H groups in total. The lowest BCUT2D eigenvalue weighted by Gasteiger charge is -2.42. The molecule has 1 saturated heterocycles. The molecule has 112 valence electrons. The molecule has 2 aliphatic rings. The van der Waals surface area contributed by atoms with Crippen LogP contribution in [-0.2, 0) is 0 Å². The van der Waals surface area contributed by atoms with E-state index in [1.807, 2.05) is 12.1 Å². The van der Waals surface area contributed by atoms with Gasteiger partial charge in [-0.15, -0.1) is 6.42 Å². The molecule has 21 heavy (non-hydrogen) atoms. The topological polar surface area (TPSA) is 25.4 Å². The van der Waals surface area contributed by atoms with E-state index >= 15 is 0 Å². The highest BCUT2D eigenvalue weighted by molar-refractivity contribution is 5.31. The summed E-state index contributed by atoms with van der Waals surface area (Å²) in [6.45, 7) is 6.77. The number of rotatable bonds is 4. The van der Waals surface area contributed by atoms with Crippen LogP contribution in [0.2, 0.25) is 0 Å². The summed E-state index contributed by atoms with van der Waals surface area (Å²) in [4.78, 5) is 6.82. The molecule has 2 heterocycles. The molecule has 2 unspecified atom stereocenters. The predicted octanol–water partition coefficient (Wildman–Crippen LogP) is 2.95. The summed E-state index contributed by atoms with van der Waals surface area (Å²) in [7, 11) is 0. The van der Waals surface area contributed by atoms with E-state index in [0.29, 0.717) is 5.88 Å². The zero-order chi connectivity index (χ0) is 14.8. The maximum absolute atomic E-state index is 5.89. The first-order valence-electron chi connectivity index (χ1n) is 7.99. The Morgan fingerprint density at radius 3 is 2.71 bits per heavy atom. The first kappa shape index (κ1) is 14.4. The lowest BCUT2D eigenvalue weighted by molar-refractivity contribution is -0.0111. The van der Waals surface area contributed by atoms with Crippen LogP contribution < -0.4 is 4.74 Å². The number of pyridine rings is 1. The maximum Gasteiger partial charge on any atom is 0.213 e. The molecular weight excluding hydrogens is 260 g/mol. The van der Waals surface area contributed by atoms with E-state index in [-0.39, 0.29) is 6.10 Å².